The summed E-state index contributed by atoms with van der Waals surface area (Å²) in [5.41, 5.74) is 0. The van der Waals surface area contributed by atoms with Crippen molar-refractivity contribution < 1.29 is 26.4 Å². The molecule has 1 amide bonds. The Morgan fingerprint density at radius 3 is 2.54 bits per heavy atom. The van der Waals surface area contributed by atoms with Crippen LogP contribution in [0, 0.1) is 0 Å². The van der Waals surface area contributed by atoms with Crippen LogP contribution in [0.2, 0.25) is 0 Å². The highest BCUT2D eigenvalue weighted by atomic mass is 32.2. The van der Waals surface area contributed by atoms with E-state index >= 15 is 0 Å². The van der Waals surface area contributed by atoms with E-state index in [1.165, 1.54) is 30.3 Å². The molecule has 12 heteroatoms. The summed E-state index contributed by atoms with van der Waals surface area (Å²) >= 11 is 1.05. The molecule has 1 aromatic carbocycles. The van der Waals surface area contributed by atoms with Gasteiger partial charge in [-0.15, -0.1) is 11.3 Å². The number of thiophene rings is 1. The van der Waals surface area contributed by atoms with Crippen molar-refractivity contribution >= 4 is 37.1 Å². The number of sulfone groups is 2. The molecule has 0 radical (unpaired) electrons. The first-order chi connectivity index (χ1) is 16.7. The Bertz CT molecular complexity index is 1170. The minimum Gasteiger partial charge on any atom is -0.450 e. The van der Waals surface area contributed by atoms with E-state index in [-0.39, 0.29) is 26.3 Å². The van der Waals surface area contributed by atoms with Crippen LogP contribution in [0.5, 0.6) is 0 Å². The minimum atomic E-state index is -3.81. The van der Waals surface area contributed by atoms with Crippen molar-refractivity contribution in [3.63, 3.8) is 0 Å². The van der Waals surface area contributed by atoms with Gasteiger partial charge in [0, 0.05) is 24.5 Å². The van der Waals surface area contributed by atoms with E-state index in [4.69, 9.17) is 4.74 Å². The lowest BCUT2D eigenvalue weighted by atomic mass is 10.4. The lowest BCUT2D eigenvalue weighted by molar-refractivity contribution is 0.144. The van der Waals surface area contributed by atoms with Crippen LogP contribution in [0.1, 0.15) is 31.1 Å². The van der Waals surface area contributed by atoms with Crippen LogP contribution in [0.3, 0.4) is 0 Å². The summed E-state index contributed by atoms with van der Waals surface area (Å²) in [7, 11) is -7.33. The second-order valence-corrected chi connectivity index (χ2v) is 13.8. The lowest BCUT2D eigenvalue weighted by Gasteiger charge is -2.19. The summed E-state index contributed by atoms with van der Waals surface area (Å²) in [6, 6.07) is 8.51. The van der Waals surface area contributed by atoms with Gasteiger partial charge in [-0.05, 0) is 62.3 Å². The van der Waals surface area contributed by atoms with Gasteiger partial charge in [0.2, 0.25) is 9.84 Å². The Morgan fingerprint density at radius 2 is 1.80 bits per heavy atom. The Morgan fingerprint density at radius 1 is 1.06 bits per heavy atom. The molecule has 9 nitrogen and oxygen atoms in total. The molecule has 1 aliphatic rings. The fraction of sp³-hybridized carbons (Fsp3) is 0.522. The van der Waals surface area contributed by atoms with E-state index in [0.717, 1.165) is 56.8 Å². The maximum Gasteiger partial charge on any atom is 0.407 e. The molecule has 1 fully saturated rings. The summed E-state index contributed by atoms with van der Waals surface area (Å²) in [5.74, 6) is -0.0126. The van der Waals surface area contributed by atoms with Gasteiger partial charge in [-0.1, -0.05) is 13.3 Å². The maximum atomic E-state index is 13.0. The number of amides is 1. The highest BCUT2D eigenvalue weighted by Crippen LogP contribution is 2.28. The molecule has 1 aromatic heterocycles. The van der Waals surface area contributed by atoms with Crippen molar-refractivity contribution in [3.8, 4) is 0 Å². The highest BCUT2D eigenvalue weighted by Gasteiger charge is 2.22. The number of ether oxygens (including phenoxy) is 1. The van der Waals surface area contributed by atoms with Crippen molar-refractivity contribution in [2.24, 2.45) is 0 Å². The number of nitrogens with zero attached hydrogens (tertiary/aromatic N) is 1. The average Bonchev–Trinajstić information content (AvgIpc) is 3.18. The molecule has 0 bridgehead atoms. The van der Waals surface area contributed by atoms with Gasteiger partial charge < -0.3 is 20.3 Å². The van der Waals surface area contributed by atoms with Crippen molar-refractivity contribution in [2.45, 2.75) is 46.7 Å². The van der Waals surface area contributed by atoms with E-state index in [9.17, 15) is 21.6 Å². The number of rotatable bonds is 11. The predicted octanol–water partition coefficient (Wildman–Crippen LogP) is 2.68. The quantitative estimate of drug-likeness (QED) is 0.415. The molecular weight excluding hydrogens is 510 g/mol. The Labute approximate surface area is 211 Å². The molecule has 3 rings (SSSR count). The van der Waals surface area contributed by atoms with E-state index < -0.39 is 25.8 Å². The van der Waals surface area contributed by atoms with Crippen LogP contribution in [-0.2, 0) is 31.0 Å². The van der Waals surface area contributed by atoms with Gasteiger partial charge in [0.15, 0.2) is 9.84 Å². The highest BCUT2D eigenvalue weighted by molar-refractivity contribution is 7.93. The Kier molecular flexibility index (Phi) is 10.1. The third-order valence-electron chi connectivity index (χ3n) is 5.64. The summed E-state index contributed by atoms with van der Waals surface area (Å²) in [4.78, 5) is 14.6. The smallest absolute Gasteiger partial charge is 0.407 e. The fourth-order valence-corrected chi connectivity index (χ4v) is 7.53. The summed E-state index contributed by atoms with van der Waals surface area (Å²) in [5, 5.41) is 5.90. The SMILES string of the molecule is CCCCOC(=O)NCc1ccc(S(=O)(=O)c2ccc(S(=O)(=O)CCN3CCCNCC3)cc2)s1. The summed E-state index contributed by atoms with van der Waals surface area (Å²) in [6.45, 7) is 6.40. The van der Waals surface area contributed by atoms with Crippen LogP contribution in [-0.4, -0.2) is 72.9 Å². The molecule has 0 saturated carbocycles. The van der Waals surface area contributed by atoms with E-state index in [1.807, 2.05) is 6.92 Å². The van der Waals surface area contributed by atoms with Crippen LogP contribution in [0.4, 0.5) is 4.79 Å². The molecule has 2 heterocycles. The molecule has 2 N–H and O–H groups in total. The third kappa shape index (κ3) is 8.01. The standard InChI is InChI=1S/C23H33N3O6S3/c1-2-3-16-32-23(27)25-18-19-5-10-22(33-19)35(30,31)21-8-6-20(7-9-21)34(28,29)17-15-26-13-4-11-24-12-14-26/h5-10,24H,2-4,11-18H2,1H3,(H,25,27). The second-order valence-electron chi connectivity index (χ2n) is 8.30. The Balaban J connectivity index is 1.60. The zero-order valence-electron chi connectivity index (χ0n) is 19.9. The molecule has 194 valence electrons. The molecule has 0 atom stereocenters. The normalized spacial score (nSPS) is 15.5. The first kappa shape index (κ1) is 27.6. The van der Waals surface area contributed by atoms with Gasteiger partial charge in [0.25, 0.3) is 0 Å². The van der Waals surface area contributed by atoms with Gasteiger partial charge in [-0.3, -0.25) is 0 Å². The maximum absolute atomic E-state index is 13.0. The van der Waals surface area contributed by atoms with Gasteiger partial charge in [0.05, 0.1) is 28.7 Å². The minimum absolute atomic E-state index is 0.0126. The monoisotopic (exact) mass is 543 g/mol. The zero-order valence-corrected chi connectivity index (χ0v) is 22.3. The number of hydrogen-bond donors (Lipinski definition) is 2. The third-order valence-corrected chi connectivity index (χ3v) is 10.7. The molecule has 1 saturated heterocycles. The largest absolute Gasteiger partial charge is 0.450 e. The van der Waals surface area contributed by atoms with Crippen molar-refractivity contribution in [2.75, 3.05) is 45.1 Å². The van der Waals surface area contributed by atoms with Crippen LogP contribution in [0.25, 0.3) is 0 Å². The van der Waals surface area contributed by atoms with Crippen LogP contribution < -0.4 is 10.6 Å². The van der Waals surface area contributed by atoms with E-state index in [2.05, 4.69) is 15.5 Å². The van der Waals surface area contributed by atoms with Crippen LogP contribution >= 0.6 is 11.3 Å². The molecule has 2 aromatic rings. The molecule has 0 aliphatic carbocycles. The number of unbranched alkanes of at least 4 members (excludes halogenated alkanes) is 1. The predicted molar refractivity (Wildman–Crippen MR) is 135 cm³/mol. The fourth-order valence-electron chi connectivity index (χ4n) is 3.55. The first-order valence-electron chi connectivity index (χ1n) is 11.7. The number of benzene rings is 1. The number of carbonyl (C=O) groups excluding carboxylic acids is 1. The molecule has 35 heavy (non-hydrogen) atoms. The van der Waals surface area contributed by atoms with Gasteiger partial charge in [0.1, 0.15) is 4.21 Å². The van der Waals surface area contributed by atoms with Gasteiger partial charge in [-0.25, -0.2) is 21.6 Å². The summed E-state index contributed by atoms with van der Waals surface area (Å²) in [6.07, 6.45) is 2.14. The molecule has 1 aliphatic heterocycles. The second kappa shape index (κ2) is 12.8. The first-order valence-corrected chi connectivity index (χ1v) is 15.7. The number of nitrogens with one attached hydrogen (secondary N) is 2. The van der Waals surface area contributed by atoms with Crippen molar-refractivity contribution in [3.05, 3.63) is 41.3 Å². The van der Waals surface area contributed by atoms with Gasteiger partial charge in [-0.2, -0.15) is 0 Å². The average molecular weight is 544 g/mol. The summed E-state index contributed by atoms with van der Waals surface area (Å²) < 4.78 is 56.7. The van der Waals surface area contributed by atoms with Crippen molar-refractivity contribution in [1.29, 1.82) is 0 Å². The van der Waals surface area contributed by atoms with E-state index in [0.29, 0.717) is 18.0 Å². The van der Waals surface area contributed by atoms with Crippen molar-refractivity contribution in [1.82, 2.24) is 15.5 Å². The van der Waals surface area contributed by atoms with Gasteiger partial charge >= 0.3 is 6.09 Å². The number of hydrogen-bond acceptors (Lipinski definition) is 9. The zero-order chi connectivity index (χ0) is 25.3. The van der Waals surface area contributed by atoms with Crippen LogP contribution in [0.15, 0.2) is 50.4 Å². The Hall–Kier alpha value is -1.99. The number of carbonyl (C=O) groups is 1. The molecule has 0 unspecified atom stereocenters. The topological polar surface area (TPSA) is 122 Å². The number of alkyl carbamates (subject to hydrolysis) is 1. The lowest BCUT2D eigenvalue weighted by Crippen LogP contribution is -2.32. The molecule has 0 spiro atoms. The van der Waals surface area contributed by atoms with E-state index in [1.54, 1.807) is 6.07 Å². The molecular formula is C23H33N3O6S3.